The molecule has 0 aliphatic rings. The van der Waals surface area contributed by atoms with Gasteiger partial charge in [0.25, 0.3) is 0 Å². The molecule has 0 saturated carbocycles. The Labute approximate surface area is 146 Å². The highest BCUT2D eigenvalue weighted by molar-refractivity contribution is 6.30. The number of halogens is 6. The second-order valence-electron chi connectivity index (χ2n) is 5.70. The van der Waals surface area contributed by atoms with Gasteiger partial charge in [0.15, 0.2) is 5.60 Å². The molecule has 0 amide bonds. The highest BCUT2D eigenvalue weighted by atomic mass is 35.5. The number of benzene rings is 2. The first kappa shape index (κ1) is 19.5. The predicted octanol–water partition coefficient (Wildman–Crippen LogP) is 4.84. The molecule has 1 unspecified atom stereocenters. The third-order valence-electron chi connectivity index (χ3n) is 3.85. The van der Waals surface area contributed by atoms with E-state index in [1.807, 2.05) is 0 Å². The van der Waals surface area contributed by atoms with Gasteiger partial charge >= 0.3 is 12.1 Å². The zero-order valence-corrected chi connectivity index (χ0v) is 14.0. The molecule has 0 aliphatic carbocycles. The lowest BCUT2D eigenvalue weighted by Crippen LogP contribution is -2.56. The van der Waals surface area contributed by atoms with Crippen molar-refractivity contribution in [2.45, 2.75) is 17.7 Å². The van der Waals surface area contributed by atoms with Crippen molar-refractivity contribution in [2.24, 2.45) is 0 Å². The van der Waals surface area contributed by atoms with E-state index >= 15 is 0 Å². The van der Waals surface area contributed by atoms with Crippen molar-refractivity contribution >= 4 is 17.3 Å². The van der Waals surface area contributed by atoms with E-state index in [9.17, 15) is 27.1 Å². The highest BCUT2D eigenvalue weighted by Gasteiger charge is 2.71. The van der Waals surface area contributed by atoms with Gasteiger partial charge in [-0.1, -0.05) is 41.9 Å². The monoisotopic (exact) mass is 379 g/mol. The first-order valence-electron chi connectivity index (χ1n) is 7.12. The minimum absolute atomic E-state index is 0.0314. The van der Waals surface area contributed by atoms with E-state index in [0.29, 0.717) is 0 Å². The van der Waals surface area contributed by atoms with Crippen molar-refractivity contribution in [1.29, 1.82) is 0 Å². The van der Waals surface area contributed by atoms with Gasteiger partial charge in [-0.25, -0.2) is 0 Å². The number of alkyl halides is 5. The van der Waals surface area contributed by atoms with Crippen LogP contribution in [0.1, 0.15) is 11.1 Å². The van der Waals surface area contributed by atoms with Gasteiger partial charge in [0, 0.05) is 30.4 Å². The largest absolute Gasteiger partial charge is 0.457 e. The van der Waals surface area contributed by atoms with Crippen LogP contribution in [0, 0.1) is 0 Å². The van der Waals surface area contributed by atoms with Gasteiger partial charge in [0.1, 0.15) is 0 Å². The second kappa shape index (κ2) is 6.46. The van der Waals surface area contributed by atoms with Crippen LogP contribution in [0.2, 0.25) is 5.02 Å². The zero-order chi connectivity index (χ0) is 19.0. The molecule has 2 aromatic rings. The Morgan fingerprint density at radius 2 is 1.40 bits per heavy atom. The molecule has 0 bridgehead atoms. The van der Waals surface area contributed by atoms with E-state index in [1.165, 1.54) is 37.2 Å². The van der Waals surface area contributed by atoms with Gasteiger partial charge in [0.2, 0.25) is 0 Å². The van der Waals surface area contributed by atoms with Gasteiger partial charge in [-0.15, -0.1) is 0 Å². The minimum Gasteiger partial charge on any atom is -0.377 e. The molecule has 8 heteroatoms. The number of hydrogen-bond acceptors (Lipinski definition) is 2. The van der Waals surface area contributed by atoms with E-state index in [1.54, 1.807) is 0 Å². The standard InChI is InChI=1S/C17H15ClF5NO/c1-24(2)14-6-4-3-5-13(14)15(25,16(19,20)17(21,22)23)11-7-9-12(18)10-8-11/h3-10,25H,1-2H3. The molecule has 0 spiro atoms. The Morgan fingerprint density at radius 3 is 1.88 bits per heavy atom. The van der Waals surface area contributed by atoms with Crippen molar-refractivity contribution in [3.63, 3.8) is 0 Å². The van der Waals surface area contributed by atoms with Crippen LogP contribution in [0.4, 0.5) is 27.6 Å². The van der Waals surface area contributed by atoms with Crippen LogP contribution >= 0.6 is 11.6 Å². The molecule has 2 aromatic carbocycles. The minimum atomic E-state index is -5.97. The lowest BCUT2D eigenvalue weighted by molar-refractivity contribution is -0.336. The summed E-state index contributed by atoms with van der Waals surface area (Å²) < 4.78 is 68.4. The van der Waals surface area contributed by atoms with E-state index in [-0.39, 0.29) is 10.7 Å². The summed E-state index contributed by atoms with van der Waals surface area (Å²) >= 11 is 5.69. The van der Waals surface area contributed by atoms with Crippen LogP contribution in [0.25, 0.3) is 0 Å². The van der Waals surface area contributed by atoms with Gasteiger partial charge in [-0.05, 0) is 23.8 Å². The Hall–Kier alpha value is -1.86. The number of aliphatic hydroxyl groups is 1. The molecule has 0 radical (unpaired) electrons. The average Bonchev–Trinajstić information content (AvgIpc) is 2.53. The lowest BCUT2D eigenvalue weighted by atomic mass is 9.79. The van der Waals surface area contributed by atoms with Gasteiger partial charge < -0.3 is 10.0 Å². The van der Waals surface area contributed by atoms with Crippen molar-refractivity contribution in [3.05, 3.63) is 64.7 Å². The van der Waals surface area contributed by atoms with Crippen LogP contribution in [0.3, 0.4) is 0 Å². The summed E-state index contributed by atoms with van der Waals surface area (Å²) in [5.74, 6) is -5.44. The Balaban J connectivity index is 2.85. The lowest BCUT2D eigenvalue weighted by Gasteiger charge is -2.39. The molecule has 2 nitrogen and oxygen atoms in total. The molecule has 136 valence electrons. The highest BCUT2D eigenvalue weighted by Crippen LogP contribution is 2.53. The van der Waals surface area contributed by atoms with Crippen LogP contribution in [-0.4, -0.2) is 31.3 Å². The normalized spacial score (nSPS) is 14.9. The van der Waals surface area contributed by atoms with Crippen molar-refractivity contribution in [2.75, 3.05) is 19.0 Å². The number of anilines is 1. The third kappa shape index (κ3) is 3.18. The van der Waals surface area contributed by atoms with Gasteiger partial charge in [-0.3, -0.25) is 0 Å². The maximum absolute atomic E-state index is 14.5. The van der Waals surface area contributed by atoms with Crippen LogP contribution in [0.15, 0.2) is 48.5 Å². The van der Waals surface area contributed by atoms with E-state index < -0.39 is 28.8 Å². The van der Waals surface area contributed by atoms with Crippen molar-refractivity contribution in [1.82, 2.24) is 0 Å². The first-order chi connectivity index (χ1) is 11.4. The molecule has 0 aliphatic heterocycles. The Morgan fingerprint density at radius 1 is 0.880 bits per heavy atom. The van der Waals surface area contributed by atoms with Gasteiger partial charge in [0.05, 0.1) is 0 Å². The molecule has 2 rings (SSSR count). The molecule has 25 heavy (non-hydrogen) atoms. The summed E-state index contributed by atoms with van der Waals surface area (Å²) in [5.41, 5.74) is -4.78. The SMILES string of the molecule is CN(C)c1ccccc1C(O)(c1ccc(Cl)cc1)C(F)(F)C(F)(F)F. The topological polar surface area (TPSA) is 23.5 Å². The summed E-state index contributed by atoms with van der Waals surface area (Å²) in [6, 6.07) is 9.36. The number of para-hydroxylation sites is 1. The van der Waals surface area contributed by atoms with Crippen LogP contribution < -0.4 is 4.90 Å². The molecule has 0 aromatic heterocycles. The van der Waals surface area contributed by atoms with E-state index in [2.05, 4.69) is 0 Å². The van der Waals surface area contributed by atoms with E-state index in [0.717, 1.165) is 30.3 Å². The fourth-order valence-corrected chi connectivity index (χ4v) is 2.70. The number of rotatable bonds is 4. The Bertz CT molecular complexity index is 745. The fraction of sp³-hybridized carbons (Fsp3) is 0.294. The smallest absolute Gasteiger partial charge is 0.377 e. The quantitative estimate of drug-likeness (QED) is 0.768. The van der Waals surface area contributed by atoms with Gasteiger partial charge in [-0.2, -0.15) is 22.0 Å². The predicted molar refractivity (Wildman–Crippen MR) is 86.2 cm³/mol. The summed E-state index contributed by atoms with van der Waals surface area (Å²) in [6.07, 6.45) is -5.97. The zero-order valence-electron chi connectivity index (χ0n) is 13.3. The second-order valence-corrected chi connectivity index (χ2v) is 6.14. The maximum atomic E-state index is 14.5. The van der Waals surface area contributed by atoms with Crippen molar-refractivity contribution in [3.8, 4) is 0 Å². The number of nitrogens with zero attached hydrogens (tertiary/aromatic N) is 1. The summed E-state index contributed by atoms with van der Waals surface area (Å²) in [7, 11) is 2.96. The fourth-order valence-electron chi connectivity index (χ4n) is 2.57. The maximum Gasteiger partial charge on any atom is 0.457 e. The molecule has 0 fully saturated rings. The molecule has 1 N–H and O–H groups in total. The molecule has 0 saturated heterocycles. The molecular weight excluding hydrogens is 365 g/mol. The number of hydrogen-bond donors (Lipinski definition) is 1. The van der Waals surface area contributed by atoms with E-state index in [4.69, 9.17) is 11.6 Å². The summed E-state index contributed by atoms with van der Waals surface area (Å²) in [4.78, 5) is 1.35. The molecule has 1 atom stereocenters. The third-order valence-corrected chi connectivity index (χ3v) is 4.10. The first-order valence-corrected chi connectivity index (χ1v) is 7.50. The van der Waals surface area contributed by atoms with Crippen LogP contribution in [0.5, 0.6) is 0 Å². The summed E-state index contributed by atoms with van der Waals surface area (Å²) in [5, 5.41) is 10.9. The van der Waals surface area contributed by atoms with Crippen LogP contribution in [-0.2, 0) is 5.60 Å². The Kier molecular flexibility index (Phi) is 5.03. The molecular formula is C17H15ClF5NO. The van der Waals surface area contributed by atoms with Crippen molar-refractivity contribution < 1.29 is 27.1 Å². The average molecular weight is 380 g/mol. The molecule has 0 heterocycles. The summed E-state index contributed by atoms with van der Waals surface area (Å²) in [6.45, 7) is 0.